The molecule has 0 radical (unpaired) electrons. The monoisotopic (exact) mass is 561 g/mol. The van der Waals surface area contributed by atoms with E-state index in [1.165, 1.54) is 22.7 Å². The third kappa shape index (κ3) is 6.18. The number of sulfonamides is 1. The highest BCUT2D eigenvalue weighted by molar-refractivity contribution is 7.92. The summed E-state index contributed by atoms with van der Waals surface area (Å²) in [6.07, 6.45) is 1.50. The minimum Gasteiger partial charge on any atom is -0.476 e. The SMILES string of the molecule is Cc1ccc(S(=O)(=O)N2CC(C(=O)NCc3cccc(CN4CCCC4)c3)Oc3ccc(C(C)(C)C)cc32)cc1. The first-order valence-electron chi connectivity index (χ1n) is 14.0. The molecule has 2 aliphatic heterocycles. The number of likely N-dealkylation sites (tertiary alicyclic amines) is 1. The Hall–Kier alpha value is -3.36. The summed E-state index contributed by atoms with van der Waals surface area (Å²) in [7, 11) is -3.94. The van der Waals surface area contributed by atoms with Crippen LogP contribution in [0, 0.1) is 6.92 Å². The van der Waals surface area contributed by atoms with Crippen molar-refractivity contribution < 1.29 is 17.9 Å². The fourth-order valence-corrected chi connectivity index (χ4v) is 6.73. The van der Waals surface area contributed by atoms with E-state index in [0.717, 1.165) is 36.3 Å². The maximum absolute atomic E-state index is 13.9. The summed E-state index contributed by atoms with van der Waals surface area (Å²) in [6.45, 7) is 11.5. The molecule has 1 fully saturated rings. The lowest BCUT2D eigenvalue weighted by Gasteiger charge is -2.36. The zero-order chi connectivity index (χ0) is 28.5. The Kier molecular flexibility index (Phi) is 7.93. The smallest absolute Gasteiger partial charge is 0.264 e. The number of benzene rings is 3. The second-order valence-corrected chi connectivity index (χ2v) is 13.8. The molecule has 8 heteroatoms. The Morgan fingerprint density at radius 1 is 0.975 bits per heavy atom. The van der Waals surface area contributed by atoms with Gasteiger partial charge in [0.15, 0.2) is 6.10 Å². The molecule has 1 unspecified atom stereocenters. The van der Waals surface area contributed by atoms with E-state index in [1.54, 1.807) is 30.3 Å². The first kappa shape index (κ1) is 28.2. The first-order chi connectivity index (χ1) is 19.0. The molecule has 0 spiro atoms. The van der Waals surface area contributed by atoms with Crippen molar-refractivity contribution >= 4 is 21.6 Å². The van der Waals surface area contributed by atoms with E-state index in [4.69, 9.17) is 4.74 Å². The molecule has 1 saturated heterocycles. The lowest BCUT2D eigenvalue weighted by molar-refractivity contribution is -0.127. The number of fused-ring (bicyclic) bond motifs is 1. The maximum atomic E-state index is 13.9. The third-order valence-corrected chi connectivity index (χ3v) is 9.45. The average molecular weight is 562 g/mol. The van der Waals surface area contributed by atoms with Crippen LogP contribution in [0.2, 0.25) is 0 Å². The van der Waals surface area contributed by atoms with Gasteiger partial charge in [-0.15, -0.1) is 0 Å². The molecule has 212 valence electrons. The molecule has 40 heavy (non-hydrogen) atoms. The van der Waals surface area contributed by atoms with Gasteiger partial charge in [0.25, 0.3) is 15.9 Å². The van der Waals surface area contributed by atoms with Crippen LogP contribution >= 0.6 is 0 Å². The molecule has 0 saturated carbocycles. The molecule has 0 aromatic heterocycles. The van der Waals surface area contributed by atoms with Crippen LogP contribution in [-0.2, 0) is 33.3 Å². The van der Waals surface area contributed by atoms with Crippen LogP contribution in [0.25, 0.3) is 0 Å². The number of hydrogen-bond donors (Lipinski definition) is 1. The van der Waals surface area contributed by atoms with Crippen molar-refractivity contribution in [3.63, 3.8) is 0 Å². The highest BCUT2D eigenvalue weighted by atomic mass is 32.2. The fourth-order valence-electron chi connectivity index (χ4n) is 5.26. The van der Waals surface area contributed by atoms with Crippen molar-refractivity contribution in [3.05, 3.63) is 89.0 Å². The number of carbonyl (C=O) groups is 1. The number of rotatable bonds is 7. The van der Waals surface area contributed by atoms with Gasteiger partial charge in [0.1, 0.15) is 5.75 Å². The van der Waals surface area contributed by atoms with Crippen molar-refractivity contribution in [2.75, 3.05) is 23.9 Å². The summed E-state index contributed by atoms with van der Waals surface area (Å²) in [5.41, 5.74) is 4.44. The van der Waals surface area contributed by atoms with Crippen LogP contribution in [0.3, 0.4) is 0 Å². The van der Waals surface area contributed by atoms with E-state index >= 15 is 0 Å². The average Bonchev–Trinajstić information content (AvgIpc) is 3.43. The van der Waals surface area contributed by atoms with E-state index in [2.05, 4.69) is 43.1 Å². The van der Waals surface area contributed by atoms with E-state index in [9.17, 15) is 13.2 Å². The number of amides is 1. The molecular formula is C32H39N3O4S. The fraction of sp³-hybridized carbons (Fsp3) is 0.406. The molecule has 7 nitrogen and oxygen atoms in total. The van der Waals surface area contributed by atoms with E-state index in [-0.39, 0.29) is 22.8 Å². The molecule has 3 aromatic carbocycles. The summed E-state index contributed by atoms with van der Waals surface area (Å²) in [6, 6.07) is 20.6. The number of carbonyl (C=O) groups excluding carboxylic acids is 1. The van der Waals surface area contributed by atoms with Gasteiger partial charge in [-0.1, -0.05) is 68.8 Å². The summed E-state index contributed by atoms with van der Waals surface area (Å²) >= 11 is 0. The molecule has 0 bridgehead atoms. The number of anilines is 1. The number of aryl methyl sites for hydroxylation is 1. The van der Waals surface area contributed by atoms with Crippen LogP contribution in [0.5, 0.6) is 5.75 Å². The molecule has 1 atom stereocenters. The van der Waals surface area contributed by atoms with Crippen molar-refractivity contribution in [1.29, 1.82) is 0 Å². The maximum Gasteiger partial charge on any atom is 0.264 e. The Bertz CT molecular complexity index is 1470. The predicted molar refractivity (Wildman–Crippen MR) is 158 cm³/mol. The first-order valence-corrected chi connectivity index (χ1v) is 15.4. The molecule has 2 aliphatic rings. The zero-order valence-corrected chi connectivity index (χ0v) is 24.6. The van der Waals surface area contributed by atoms with Gasteiger partial charge in [-0.2, -0.15) is 0 Å². The van der Waals surface area contributed by atoms with E-state index in [1.807, 2.05) is 31.2 Å². The van der Waals surface area contributed by atoms with Crippen molar-refractivity contribution in [2.45, 2.75) is 70.0 Å². The summed E-state index contributed by atoms with van der Waals surface area (Å²) < 4.78 is 35.2. The van der Waals surface area contributed by atoms with Crippen LogP contribution < -0.4 is 14.4 Å². The molecule has 3 aromatic rings. The Labute approximate surface area is 238 Å². The highest BCUT2D eigenvalue weighted by Crippen LogP contribution is 2.40. The number of ether oxygens (including phenoxy) is 1. The minimum atomic E-state index is -3.94. The van der Waals surface area contributed by atoms with Gasteiger partial charge in [-0.25, -0.2) is 8.42 Å². The van der Waals surface area contributed by atoms with Crippen molar-refractivity contribution in [1.82, 2.24) is 10.2 Å². The lowest BCUT2D eigenvalue weighted by Crippen LogP contribution is -2.50. The summed E-state index contributed by atoms with van der Waals surface area (Å²) in [4.78, 5) is 16.0. The van der Waals surface area contributed by atoms with Gasteiger partial charge in [-0.05, 0) is 79.2 Å². The summed E-state index contributed by atoms with van der Waals surface area (Å²) in [5.74, 6) is 0.0299. The second-order valence-electron chi connectivity index (χ2n) is 11.9. The molecule has 1 amide bonds. The Morgan fingerprint density at radius 2 is 1.68 bits per heavy atom. The van der Waals surface area contributed by atoms with Crippen LogP contribution in [0.4, 0.5) is 5.69 Å². The predicted octanol–water partition coefficient (Wildman–Crippen LogP) is 5.16. The van der Waals surface area contributed by atoms with Gasteiger partial charge in [0.2, 0.25) is 0 Å². The third-order valence-electron chi connectivity index (χ3n) is 7.66. The van der Waals surface area contributed by atoms with Gasteiger partial charge in [0.05, 0.1) is 17.1 Å². The quantitative estimate of drug-likeness (QED) is 0.431. The number of nitrogens with zero attached hydrogens (tertiary/aromatic N) is 2. The number of hydrogen-bond acceptors (Lipinski definition) is 5. The van der Waals surface area contributed by atoms with E-state index < -0.39 is 16.1 Å². The van der Waals surface area contributed by atoms with Crippen LogP contribution in [0.1, 0.15) is 55.9 Å². The van der Waals surface area contributed by atoms with Crippen LogP contribution in [-0.4, -0.2) is 45.0 Å². The number of nitrogens with one attached hydrogen (secondary N) is 1. The molecule has 0 aliphatic carbocycles. The Morgan fingerprint density at radius 3 is 2.38 bits per heavy atom. The largest absolute Gasteiger partial charge is 0.476 e. The lowest BCUT2D eigenvalue weighted by atomic mass is 9.86. The highest BCUT2D eigenvalue weighted by Gasteiger charge is 2.38. The van der Waals surface area contributed by atoms with Crippen LogP contribution in [0.15, 0.2) is 71.6 Å². The van der Waals surface area contributed by atoms with Gasteiger partial charge in [-0.3, -0.25) is 14.0 Å². The zero-order valence-electron chi connectivity index (χ0n) is 23.8. The van der Waals surface area contributed by atoms with Crippen molar-refractivity contribution in [2.24, 2.45) is 0 Å². The molecular weight excluding hydrogens is 522 g/mol. The van der Waals surface area contributed by atoms with Gasteiger partial charge < -0.3 is 10.1 Å². The van der Waals surface area contributed by atoms with Gasteiger partial charge in [0, 0.05) is 13.1 Å². The van der Waals surface area contributed by atoms with Gasteiger partial charge >= 0.3 is 0 Å². The molecule has 1 N–H and O–H groups in total. The van der Waals surface area contributed by atoms with E-state index in [0.29, 0.717) is 18.0 Å². The minimum absolute atomic E-state index is 0.113. The topological polar surface area (TPSA) is 79.0 Å². The van der Waals surface area contributed by atoms with Crippen molar-refractivity contribution in [3.8, 4) is 5.75 Å². The molecule has 2 heterocycles. The Balaban J connectivity index is 1.37. The standard InChI is InChI=1S/C32H39N3O4S/c1-23-10-13-27(14-11-23)40(37,38)35-22-30(39-29-15-12-26(19-28(29)35)32(2,3)4)31(36)33-20-24-8-7-9-25(18-24)21-34-16-5-6-17-34/h7-15,18-19,30H,5-6,16-17,20-22H2,1-4H3,(H,33,36). The molecule has 5 rings (SSSR count). The second kappa shape index (κ2) is 11.3. The normalized spacial score (nSPS) is 17.8. The summed E-state index contributed by atoms with van der Waals surface area (Å²) in [5, 5.41) is 2.98.